The molecule has 0 radical (unpaired) electrons. The van der Waals surface area contributed by atoms with Crippen LogP contribution in [0.3, 0.4) is 0 Å². The molecular weight excluding hydrogens is 623 g/mol. The summed E-state index contributed by atoms with van der Waals surface area (Å²) in [5, 5.41) is 16.6. The molecule has 0 aliphatic carbocycles. The Kier molecular flexibility index (Phi) is 11.7. The van der Waals surface area contributed by atoms with Crippen molar-refractivity contribution in [3.63, 3.8) is 0 Å². The summed E-state index contributed by atoms with van der Waals surface area (Å²) < 4.78 is 43.2. The topological polar surface area (TPSA) is 197 Å². The van der Waals surface area contributed by atoms with Crippen LogP contribution in [0.25, 0.3) is 0 Å². The minimum atomic E-state index is -4.37. The van der Waals surface area contributed by atoms with E-state index < -0.39 is 73.3 Å². The monoisotopic (exact) mass is 668 g/mol. The summed E-state index contributed by atoms with van der Waals surface area (Å²) in [7, 11) is -4.37. The maximum absolute atomic E-state index is 14.0. The van der Waals surface area contributed by atoms with Crippen LogP contribution >= 0.6 is 7.75 Å². The number of aromatic nitrogens is 2. The second kappa shape index (κ2) is 14.5. The molecule has 0 bridgehead atoms. The first kappa shape index (κ1) is 37.0. The van der Waals surface area contributed by atoms with Gasteiger partial charge in [0.15, 0.2) is 6.23 Å². The highest BCUT2D eigenvalue weighted by Gasteiger charge is 2.56. The SMILES string of the molecule is CC(NP(=O)(OC[C@H]1O[C@@H](n2ccc(=O)[nH]c2=O)[C@](C)(NC(=O)OC(C)(C)C)[C@@H]1O)Oc1ccccc1)C(=O)OCCC(C)(C)C. The average molecular weight is 669 g/mol. The fraction of sp³-hybridized carbons (Fsp3) is 0.600. The normalized spacial score (nSPS) is 23.6. The van der Waals surface area contributed by atoms with E-state index >= 15 is 0 Å². The molecule has 46 heavy (non-hydrogen) atoms. The number of amides is 1. The van der Waals surface area contributed by atoms with E-state index in [9.17, 15) is 28.8 Å². The van der Waals surface area contributed by atoms with Crippen LogP contribution in [0.15, 0.2) is 52.2 Å². The Balaban J connectivity index is 1.87. The fourth-order valence-corrected chi connectivity index (χ4v) is 5.93. The van der Waals surface area contributed by atoms with Crippen molar-refractivity contribution < 1.29 is 42.5 Å². The Morgan fingerprint density at radius 1 is 1.13 bits per heavy atom. The van der Waals surface area contributed by atoms with Gasteiger partial charge in [-0.2, -0.15) is 5.09 Å². The second-order valence-electron chi connectivity index (χ2n) is 13.4. The van der Waals surface area contributed by atoms with Gasteiger partial charge in [0.1, 0.15) is 35.1 Å². The number of rotatable bonds is 12. The van der Waals surface area contributed by atoms with Crippen molar-refractivity contribution in [2.45, 2.75) is 97.4 Å². The third-order valence-corrected chi connectivity index (χ3v) is 8.48. The highest BCUT2D eigenvalue weighted by Crippen LogP contribution is 2.47. The van der Waals surface area contributed by atoms with Crippen molar-refractivity contribution in [3.8, 4) is 5.75 Å². The van der Waals surface area contributed by atoms with Crippen LogP contribution < -0.4 is 26.2 Å². The molecule has 0 saturated carbocycles. The van der Waals surface area contributed by atoms with Crippen LogP contribution in [-0.4, -0.2) is 69.3 Å². The van der Waals surface area contributed by atoms with E-state index in [1.165, 1.54) is 26.0 Å². The van der Waals surface area contributed by atoms with Crippen molar-refractivity contribution >= 4 is 19.8 Å². The number of nitrogens with one attached hydrogen (secondary N) is 3. The number of benzene rings is 1. The first-order chi connectivity index (χ1) is 21.2. The lowest BCUT2D eigenvalue weighted by atomic mass is 9.92. The number of ether oxygens (including phenoxy) is 3. The van der Waals surface area contributed by atoms with Crippen LogP contribution in [0.5, 0.6) is 5.75 Å². The molecule has 0 spiro atoms. The van der Waals surface area contributed by atoms with Gasteiger partial charge in [-0.15, -0.1) is 0 Å². The van der Waals surface area contributed by atoms with Gasteiger partial charge in [0.25, 0.3) is 5.56 Å². The van der Waals surface area contributed by atoms with Gasteiger partial charge < -0.3 is 29.2 Å². The number of hydrogen-bond donors (Lipinski definition) is 4. The molecular formula is C30H45N4O11P. The van der Waals surface area contributed by atoms with Gasteiger partial charge in [-0.25, -0.2) is 14.2 Å². The first-order valence-electron chi connectivity index (χ1n) is 14.8. The number of aliphatic hydroxyl groups is 1. The third kappa shape index (κ3) is 10.3. The number of nitrogens with zero attached hydrogens (tertiary/aromatic N) is 1. The molecule has 2 aromatic rings. The predicted octanol–water partition coefficient (Wildman–Crippen LogP) is 3.24. The van der Waals surface area contributed by atoms with Gasteiger partial charge in [-0.3, -0.25) is 23.7 Å². The van der Waals surface area contributed by atoms with Crippen molar-refractivity contribution in [2.75, 3.05) is 13.2 Å². The molecule has 1 aromatic carbocycles. The maximum atomic E-state index is 14.0. The van der Waals surface area contributed by atoms with Crippen LogP contribution in [0, 0.1) is 5.41 Å². The lowest BCUT2D eigenvalue weighted by Crippen LogP contribution is -2.59. The largest absolute Gasteiger partial charge is 0.465 e. The third-order valence-electron chi connectivity index (χ3n) is 6.84. The van der Waals surface area contributed by atoms with E-state index in [0.717, 1.165) is 16.8 Å². The Morgan fingerprint density at radius 3 is 2.37 bits per heavy atom. The molecule has 2 unspecified atom stereocenters. The first-order valence-corrected chi connectivity index (χ1v) is 16.4. The van der Waals surface area contributed by atoms with Crippen molar-refractivity contribution in [1.29, 1.82) is 0 Å². The molecule has 6 atom stereocenters. The highest BCUT2D eigenvalue weighted by molar-refractivity contribution is 7.52. The predicted molar refractivity (Wildman–Crippen MR) is 167 cm³/mol. The van der Waals surface area contributed by atoms with E-state index in [1.807, 2.05) is 20.8 Å². The van der Waals surface area contributed by atoms with Gasteiger partial charge in [0, 0.05) is 12.3 Å². The number of carbonyl (C=O) groups is 2. The zero-order chi connectivity index (χ0) is 34.5. The number of H-pyrrole nitrogens is 1. The highest BCUT2D eigenvalue weighted by atomic mass is 31.2. The lowest BCUT2D eigenvalue weighted by Gasteiger charge is -2.34. The average Bonchev–Trinajstić information content (AvgIpc) is 3.15. The Hall–Kier alpha value is -3.49. The zero-order valence-corrected chi connectivity index (χ0v) is 28.3. The standard InChI is InChI=1S/C30H45N4O11P/c1-19(24(37)41-17-15-28(2,3)4)33-46(40,45-20-12-10-9-11-13-20)42-18-21-23(36)30(8,32-27(39)44-29(5,6)7)25(43-21)34-16-14-22(35)31-26(34)38/h9-14,16,19,21,23,25,36H,15,17-18H2,1-8H3,(H,32,39)(H,33,40)(H,31,35,38)/t19?,21-,23-,25-,30-,46?/m1/s1. The molecule has 1 amide bonds. The summed E-state index contributed by atoms with van der Waals surface area (Å²) in [6, 6.07) is 8.03. The summed E-state index contributed by atoms with van der Waals surface area (Å²) in [6.45, 7) is 13.4. The summed E-state index contributed by atoms with van der Waals surface area (Å²) in [5.41, 5.74) is -4.23. The lowest BCUT2D eigenvalue weighted by molar-refractivity contribution is -0.146. The number of hydrogen-bond acceptors (Lipinski definition) is 11. The summed E-state index contributed by atoms with van der Waals surface area (Å²) in [5.74, 6) is -0.526. The number of para-hydroxylation sites is 1. The smallest absolute Gasteiger partial charge is 0.459 e. The number of aromatic amines is 1. The van der Waals surface area contributed by atoms with Crippen LogP contribution in [0.2, 0.25) is 0 Å². The Bertz CT molecular complexity index is 1520. The molecule has 16 heteroatoms. The number of esters is 1. The molecule has 2 heterocycles. The summed E-state index contributed by atoms with van der Waals surface area (Å²) >= 11 is 0. The minimum Gasteiger partial charge on any atom is -0.465 e. The molecule has 1 aliphatic heterocycles. The molecule has 3 rings (SSSR count). The van der Waals surface area contributed by atoms with E-state index in [2.05, 4.69) is 15.4 Å². The van der Waals surface area contributed by atoms with Crippen molar-refractivity contribution in [1.82, 2.24) is 20.0 Å². The quantitative estimate of drug-likeness (QED) is 0.191. The van der Waals surface area contributed by atoms with Crippen molar-refractivity contribution in [3.05, 3.63) is 63.4 Å². The van der Waals surface area contributed by atoms with Gasteiger partial charge in [-0.05, 0) is 58.6 Å². The molecule has 1 aromatic heterocycles. The summed E-state index contributed by atoms with van der Waals surface area (Å²) in [6.07, 6.45) is -3.44. The molecule has 15 nitrogen and oxygen atoms in total. The number of aliphatic hydroxyl groups excluding tert-OH is 1. The van der Waals surface area contributed by atoms with Gasteiger partial charge in [0.2, 0.25) is 0 Å². The van der Waals surface area contributed by atoms with E-state index in [4.69, 9.17) is 23.3 Å². The van der Waals surface area contributed by atoms with Crippen molar-refractivity contribution in [2.24, 2.45) is 5.41 Å². The van der Waals surface area contributed by atoms with Crippen LogP contribution in [0.1, 0.15) is 68.0 Å². The van der Waals surface area contributed by atoms with Gasteiger partial charge in [-0.1, -0.05) is 39.0 Å². The van der Waals surface area contributed by atoms with Gasteiger partial charge >= 0.3 is 25.5 Å². The summed E-state index contributed by atoms with van der Waals surface area (Å²) in [4.78, 5) is 52.1. The molecule has 1 fully saturated rings. The zero-order valence-electron chi connectivity index (χ0n) is 27.4. The Morgan fingerprint density at radius 2 is 1.78 bits per heavy atom. The maximum Gasteiger partial charge on any atom is 0.459 e. The van der Waals surface area contributed by atoms with E-state index in [0.29, 0.717) is 6.42 Å². The molecule has 1 saturated heterocycles. The molecule has 1 aliphatic rings. The van der Waals surface area contributed by atoms with E-state index in [1.54, 1.807) is 39.0 Å². The molecule has 4 N–H and O–H groups in total. The Labute approximate surface area is 267 Å². The van der Waals surface area contributed by atoms with Crippen LogP contribution in [-0.2, 0) is 28.1 Å². The van der Waals surface area contributed by atoms with E-state index in [-0.39, 0.29) is 17.8 Å². The van der Waals surface area contributed by atoms with Crippen LogP contribution in [0.4, 0.5) is 4.79 Å². The second-order valence-corrected chi connectivity index (χ2v) is 15.1. The van der Waals surface area contributed by atoms with Gasteiger partial charge in [0.05, 0.1) is 13.2 Å². The fourth-order valence-electron chi connectivity index (χ4n) is 4.42. The molecule has 256 valence electrons. The number of carbonyl (C=O) groups excluding carboxylic acids is 2. The minimum absolute atomic E-state index is 0.0707. The number of alkyl carbamates (subject to hydrolysis) is 1.